The monoisotopic (exact) mass is 585 g/mol. The molecule has 0 amide bonds. The molecule has 4 N–H and O–H groups in total. The molecule has 0 bridgehead atoms. The van der Waals surface area contributed by atoms with Crippen LogP contribution >= 0.6 is 19.4 Å². The molecule has 1 aliphatic heterocycles. The van der Waals surface area contributed by atoms with Gasteiger partial charge in [0.05, 0.1) is 22.6 Å². The Hall–Kier alpha value is -3.27. The Labute approximate surface area is 238 Å². The maximum Gasteiger partial charge on any atom is 0.524 e. The van der Waals surface area contributed by atoms with E-state index in [1.807, 2.05) is 24.3 Å². The minimum absolute atomic E-state index is 0.0421. The van der Waals surface area contributed by atoms with E-state index >= 15 is 0 Å². The second kappa shape index (κ2) is 13.9. The number of phosphoric ester groups is 1. The van der Waals surface area contributed by atoms with Gasteiger partial charge >= 0.3 is 7.82 Å². The summed E-state index contributed by atoms with van der Waals surface area (Å²) in [5.74, 6) is 0.225. The highest BCUT2D eigenvalue weighted by Crippen LogP contribution is 2.42. The quantitative estimate of drug-likeness (QED) is 0.114. The van der Waals surface area contributed by atoms with Crippen molar-refractivity contribution in [3.8, 4) is 17.0 Å². The Morgan fingerprint density at radius 1 is 1.18 bits per heavy atom. The van der Waals surface area contributed by atoms with E-state index in [9.17, 15) is 19.1 Å². The van der Waals surface area contributed by atoms with Gasteiger partial charge in [-0.1, -0.05) is 42.8 Å². The van der Waals surface area contributed by atoms with Crippen molar-refractivity contribution in [3.05, 3.63) is 71.9 Å². The maximum absolute atomic E-state index is 11.8. The number of phosphoric acid groups is 1. The number of ketones is 1. The van der Waals surface area contributed by atoms with Gasteiger partial charge in [-0.05, 0) is 74.8 Å². The lowest BCUT2D eigenvalue weighted by atomic mass is 10.0. The van der Waals surface area contributed by atoms with Crippen LogP contribution in [0, 0.1) is 0 Å². The predicted molar refractivity (Wildman–Crippen MR) is 157 cm³/mol. The van der Waals surface area contributed by atoms with E-state index in [1.165, 1.54) is 37.6 Å². The van der Waals surface area contributed by atoms with E-state index in [2.05, 4.69) is 32.1 Å². The zero-order valence-corrected chi connectivity index (χ0v) is 23.7. The Morgan fingerprint density at radius 3 is 2.73 bits per heavy atom. The molecule has 40 heavy (non-hydrogen) atoms. The van der Waals surface area contributed by atoms with E-state index in [1.54, 1.807) is 12.1 Å². The molecule has 0 aliphatic carbocycles. The van der Waals surface area contributed by atoms with Gasteiger partial charge in [-0.25, -0.2) is 14.5 Å². The smallest absolute Gasteiger partial charge is 0.402 e. The van der Waals surface area contributed by atoms with Gasteiger partial charge in [0.1, 0.15) is 0 Å². The number of carbonyl (C=O) groups excluding carboxylic acids is 1. The van der Waals surface area contributed by atoms with Crippen LogP contribution in [-0.4, -0.2) is 56.6 Å². The molecule has 10 nitrogen and oxygen atoms in total. The summed E-state index contributed by atoms with van der Waals surface area (Å²) < 4.78 is 16.4. The minimum Gasteiger partial charge on any atom is -0.402 e. The fraction of sp³-hybridized carbons (Fsp3) is 0.321. The summed E-state index contributed by atoms with van der Waals surface area (Å²) in [4.78, 5) is 41.8. The average molecular weight is 586 g/mol. The fourth-order valence-electron chi connectivity index (χ4n) is 4.52. The van der Waals surface area contributed by atoms with Crippen LogP contribution < -0.4 is 15.2 Å². The third-order valence-electron chi connectivity index (χ3n) is 6.42. The standard InChI is InChI=1S/C28H33ClN5O5P/c1-2-23(35)17-20-8-6-9-21(16-20)27-24(29)19-31-28(33-27)32-22-10-11-26(39-40(36,37)38)25(18-22)30-12-7-15-34-13-4-3-5-14-34/h2,6,8-11,16,18-19,30H,1,3-5,7,12-15,17H2,(H,31,32,33)(H2,36,37,38). The molecule has 12 heteroatoms. The minimum atomic E-state index is -4.75. The molecule has 0 spiro atoms. The van der Waals surface area contributed by atoms with Gasteiger partial charge in [0.25, 0.3) is 0 Å². The molecular weight excluding hydrogens is 553 g/mol. The number of rotatable bonds is 13. The van der Waals surface area contributed by atoms with Crippen molar-refractivity contribution in [1.82, 2.24) is 14.9 Å². The lowest BCUT2D eigenvalue weighted by molar-refractivity contribution is -0.114. The van der Waals surface area contributed by atoms with Crippen LogP contribution in [0.1, 0.15) is 31.2 Å². The number of hydrogen-bond acceptors (Lipinski definition) is 8. The summed E-state index contributed by atoms with van der Waals surface area (Å²) in [5, 5.41) is 6.71. The predicted octanol–water partition coefficient (Wildman–Crippen LogP) is 5.60. The Balaban J connectivity index is 1.50. The van der Waals surface area contributed by atoms with Gasteiger partial charge in [-0.3, -0.25) is 14.6 Å². The van der Waals surface area contributed by atoms with E-state index in [-0.39, 0.29) is 23.9 Å². The molecule has 0 atom stereocenters. The molecule has 0 radical (unpaired) electrons. The van der Waals surface area contributed by atoms with Gasteiger partial charge in [0, 0.05) is 24.2 Å². The van der Waals surface area contributed by atoms with Crippen molar-refractivity contribution in [2.24, 2.45) is 0 Å². The first-order valence-electron chi connectivity index (χ1n) is 13.1. The Kier molecular flexibility index (Phi) is 10.3. The molecule has 212 valence electrons. The van der Waals surface area contributed by atoms with Crippen LogP contribution in [-0.2, 0) is 15.8 Å². The average Bonchev–Trinajstić information content (AvgIpc) is 2.93. The number of aromatic nitrogens is 2. The topological polar surface area (TPSA) is 137 Å². The first-order chi connectivity index (χ1) is 19.2. The summed E-state index contributed by atoms with van der Waals surface area (Å²) in [6.45, 7) is 7.28. The highest BCUT2D eigenvalue weighted by Gasteiger charge is 2.19. The molecule has 1 aliphatic rings. The van der Waals surface area contributed by atoms with Crippen LogP contribution in [0.2, 0.25) is 5.02 Å². The van der Waals surface area contributed by atoms with Crippen LogP contribution in [0.15, 0.2) is 61.3 Å². The largest absolute Gasteiger partial charge is 0.524 e. The van der Waals surface area contributed by atoms with Crippen LogP contribution in [0.5, 0.6) is 5.75 Å². The van der Waals surface area contributed by atoms with Crippen molar-refractivity contribution < 1.29 is 23.7 Å². The third-order valence-corrected chi connectivity index (χ3v) is 7.13. The zero-order valence-electron chi connectivity index (χ0n) is 22.1. The fourth-order valence-corrected chi connectivity index (χ4v) is 5.14. The van der Waals surface area contributed by atoms with Crippen LogP contribution in [0.3, 0.4) is 0 Å². The zero-order chi connectivity index (χ0) is 28.5. The summed E-state index contributed by atoms with van der Waals surface area (Å²) in [7, 11) is -4.75. The third kappa shape index (κ3) is 8.87. The van der Waals surface area contributed by atoms with E-state index in [0.29, 0.717) is 28.6 Å². The second-order valence-corrected chi connectivity index (χ2v) is 11.1. The lowest BCUT2D eigenvalue weighted by Gasteiger charge is -2.26. The number of carbonyl (C=O) groups is 1. The summed E-state index contributed by atoms with van der Waals surface area (Å²) in [5.41, 5.74) is 3.04. The number of allylic oxidation sites excluding steroid dienone is 1. The van der Waals surface area contributed by atoms with E-state index in [4.69, 9.17) is 16.1 Å². The molecule has 1 fully saturated rings. The van der Waals surface area contributed by atoms with Gasteiger partial charge in [0.2, 0.25) is 5.95 Å². The molecule has 2 aromatic carbocycles. The van der Waals surface area contributed by atoms with Crippen molar-refractivity contribution >= 4 is 42.5 Å². The number of hydrogen-bond donors (Lipinski definition) is 4. The Morgan fingerprint density at radius 2 is 1.98 bits per heavy atom. The lowest BCUT2D eigenvalue weighted by Crippen LogP contribution is -2.31. The number of benzene rings is 2. The molecule has 0 unspecified atom stereocenters. The van der Waals surface area contributed by atoms with Crippen molar-refractivity contribution in [2.45, 2.75) is 32.1 Å². The normalized spacial score (nSPS) is 14.0. The molecule has 3 aromatic rings. The molecular formula is C28H33ClN5O5P. The highest BCUT2D eigenvalue weighted by atomic mass is 35.5. The number of nitrogens with one attached hydrogen (secondary N) is 2. The SMILES string of the molecule is C=CC(=O)Cc1cccc(-c2nc(Nc3ccc(OP(=O)(O)O)c(NCCCN4CCCCC4)c3)ncc2Cl)c1. The van der Waals surface area contributed by atoms with Crippen molar-refractivity contribution in [2.75, 3.05) is 36.8 Å². The first-order valence-corrected chi connectivity index (χ1v) is 15.0. The molecule has 4 rings (SSSR count). The van der Waals surface area contributed by atoms with Gasteiger partial charge in [-0.2, -0.15) is 0 Å². The van der Waals surface area contributed by atoms with Gasteiger partial charge < -0.3 is 20.1 Å². The number of halogens is 1. The summed E-state index contributed by atoms with van der Waals surface area (Å²) in [6, 6.07) is 12.1. The van der Waals surface area contributed by atoms with Crippen molar-refractivity contribution in [1.29, 1.82) is 0 Å². The van der Waals surface area contributed by atoms with Gasteiger partial charge in [0.15, 0.2) is 11.5 Å². The highest BCUT2D eigenvalue weighted by molar-refractivity contribution is 7.46. The van der Waals surface area contributed by atoms with E-state index < -0.39 is 7.82 Å². The second-order valence-electron chi connectivity index (χ2n) is 9.54. The summed E-state index contributed by atoms with van der Waals surface area (Å²) >= 11 is 6.41. The summed E-state index contributed by atoms with van der Waals surface area (Å²) in [6.07, 6.45) is 7.58. The molecule has 0 saturated carbocycles. The molecule has 1 aromatic heterocycles. The van der Waals surface area contributed by atoms with Crippen LogP contribution in [0.4, 0.5) is 17.3 Å². The first kappa shape index (κ1) is 29.7. The Bertz CT molecular complexity index is 1390. The van der Waals surface area contributed by atoms with Gasteiger partial charge in [-0.15, -0.1) is 0 Å². The number of anilines is 3. The molecule has 1 saturated heterocycles. The molecule has 2 heterocycles. The van der Waals surface area contributed by atoms with E-state index in [0.717, 1.165) is 37.2 Å². The number of likely N-dealkylation sites (tertiary alicyclic amines) is 1. The maximum atomic E-state index is 11.8. The number of nitrogens with zero attached hydrogens (tertiary/aromatic N) is 3. The number of piperidine rings is 1. The van der Waals surface area contributed by atoms with Crippen molar-refractivity contribution in [3.63, 3.8) is 0 Å². The van der Waals surface area contributed by atoms with Crippen LogP contribution in [0.25, 0.3) is 11.3 Å².